The van der Waals surface area contributed by atoms with E-state index in [0.29, 0.717) is 19.6 Å². The van der Waals surface area contributed by atoms with Crippen molar-refractivity contribution in [1.82, 2.24) is 4.90 Å². The van der Waals surface area contributed by atoms with Gasteiger partial charge in [-0.15, -0.1) is 0 Å². The van der Waals surface area contributed by atoms with E-state index in [0.717, 1.165) is 18.7 Å². The molecule has 0 N–H and O–H groups in total. The summed E-state index contributed by atoms with van der Waals surface area (Å²) >= 11 is 0. The second-order valence-electron chi connectivity index (χ2n) is 5.93. The summed E-state index contributed by atoms with van der Waals surface area (Å²) in [5.41, 5.74) is 2.36. The molecular formula is C19H22FNO. The highest BCUT2D eigenvalue weighted by atomic mass is 19.1. The molecule has 1 heterocycles. The number of ether oxygens (including phenoxy) is 1. The normalized spacial score (nSPS) is 22.6. The van der Waals surface area contributed by atoms with Crippen molar-refractivity contribution >= 4 is 0 Å². The van der Waals surface area contributed by atoms with Crippen molar-refractivity contribution in [3.05, 3.63) is 71.8 Å². The Balaban J connectivity index is 1.54. The van der Waals surface area contributed by atoms with Crippen LogP contribution in [0.1, 0.15) is 17.5 Å². The van der Waals surface area contributed by atoms with Gasteiger partial charge in [-0.2, -0.15) is 0 Å². The number of rotatable bonds is 5. The predicted molar refractivity (Wildman–Crippen MR) is 86.3 cm³/mol. The lowest BCUT2D eigenvalue weighted by molar-refractivity contribution is -0.0370. The first-order chi connectivity index (χ1) is 10.8. The van der Waals surface area contributed by atoms with Gasteiger partial charge in [0.25, 0.3) is 0 Å². The van der Waals surface area contributed by atoms with Crippen LogP contribution in [0.25, 0.3) is 0 Å². The van der Waals surface area contributed by atoms with E-state index in [1.165, 1.54) is 5.56 Å². The zero-order valence-corrected chi connectivity index (χ0v) is 12.7. The van der Waals surface area contributed by atoms with Gasteiger partial charge in [-0.05, 0) is 11.1 Å². The molecule has 3 heteroatoms. The average molecular weight is 299 g/mol. The smallest absolute Gasteiger partial charge is 0.115 e. The molecule has 0 aliphatic carbocycles. The van der Waals surface area contributed by atoms with E-state index >= 15 is 0 Å². The highest BCUT2D eigenvalue weighted by Gasteiger charge is 2.27. The zero-order chi connectivity index (χ0) is 15.2. The lowest BCUT2D eigenvalue weighted by Crippen LogP contribution is -2.44. The molecule has 1 aliphatic rings. The maximum Gasteiger partial charge on any atom is 0.115 e. The summed E-state index contributed by atoms with van der Waals surface area (Å²) in [4.78, 5) is 2.15. The molecule has 2 aromatic carbocycles. The molecule has 1 saturated heterocycles. The number of benzene rings is 2. The molecule has 0 spiro atoms. The molecule has 22 heavy (non-hydrogen) atoms. The molecule has 116 valence electrons. The Morgan fingerprint density at radius 2 is 1.55 bits per heavy atom. The molecule has 1 unspecified atom stereocenters. The van der Waals surface area contributed by atoms with Crippen LogP contribution >= 0.6 is 0 Å². The van der Waals surface area contributed by atoms with Gasteiger partial charge in [0.05, 0.1) is 12.7 Å². The van der Waals surface area contributed by atoms with Crippen molar-refractivity contribution in [1.29, 1.82) is 0 Å². The van der Waals surface area contributed by atoms with Crippen LogP contribution in [0.2, 0.25) is 0 Å². The molecule has 3 rings (SSSR count). The van der Waals surface area contributed by atoms with Crippen molar-refractivity contribution in [3.8, 4) is 0 Å². The summed E-state index contributed by atoms with van der Waals surface area (Å²) in [6, 6.07) is 20.3. The first-order valence-electron chi connectivity index (χ1n) is 7.85. The van der Waals surface area contributed by atoms with Crippen LogP contribution in [-0.2, 0) is 17.9 Å². The van der Waals surface area contributed by atoms with Gasteiger partial charge in [0.1, 0.15) is 6.17 Å². The minimum Gasteiger partial charge on any atom is -0.372 e. The first kappa shape index (κ1) is 15.2. The van der Waals surface area contributed by atoms with Gasteiger partial charge in [0.15, 0.2) is 0 Å². The highest BCUT2D eigenvalue weighted by molar-refractivity contribution is 5.15. The van der Waals surface area contributed by atoms with Crippen LogP contribution < -0.4 is 0 Å². The number of nitrogens with zero attached hydrogens (tertiary/aromatic N) is 1. The minimum absolute atomic E-state index is 0.0346. The van der Waals surface area contributed by atoms with Gasteiger partial charge in [0.2, 0.25) is 0 Å². The first-order valence-corrected chi connectivity index (χ1v) is 7.85. The fourth-order valence-corrected chi connectivity index (χ4v) is 2.96. The third kappa shape index (κ3) is 4.39. The third-order valence-electron chi connectivity index (χ3n) is 4.01. The van der Waals surface area contributed by atoms with Gasteiger partial charge >= 0.3 is 0 Å². The Kier molecular flexibility index (Phi) is 5.20. The second-order valence-corrected chi connectivity index (χ2v) is 5.93. The number of piperidine rings is 1. The largest absolute Gasteiger partial charge is 0.372 e. The van der Waals surface area contributed by atoms with Crippen LogP contribution in [0, 0.1) is 0 Å². The molecule has 0 bridgehead atoms. The number of alkyl halides is 1. The standard InChI is InChI=1S/C19H22FNO/c20-18-11-19(22-15-17-9-5-2-6-10-17)14-21(13-18)12-16-7-3-1-4-8-16/h1-10,18-19H,11-15H2/t18?,19-/m1/s1. The summed E-state index contributed by atoms with van der Waals surface area (Å²) in [6.07, 6.45) is -0.344. The Hall–Kier alpha value is -1.71. The molecule has 2 nitrogen and oxygen atoms in total. The van der Waals surface area contributed by atoms with Crippen LogP contribution in [0.3, 0.4) is 0 Å². The topological polar surface area (TPSA) is 12.5 Å². The zero-order valence-electron chi connectivity index (χ0n) is 12.7. The molecule has 0 amide bonds. The van der Waals surface area contributed by atoms with Crippen LogP contribution in [-0.4, -0.2) is 30.3 Å². The van der Waals surface area contributed by atoms with Gasteiger partial charge in [-0.1, -0.05) is 60.7 Å². The van der Waals surface area contributed by atoms with Gasteiger partial charge in [-0.25, -0.2) is 4.39 Å². The van der Waals surface area contributed by atoms with E-state index in [4.69, 9.17) is 4.74 Å². The van der Waals surface area contributed by atoms with Crippen LogP contribution in [0.15, 0.2) is 60.7 Å². The Labute approximate surface area is 131 Å². The third-order valence-corrected chi connectivity index (χ3v) is 4.01. The fourth-order valence-electron chi connectivity index (χ4n) is 2.96. The van der Waals surface area contributed by atoms with E-state index in [-0.39, 0.29) is 6.10 Å². The van der Waals surface area contributed by atoms with Gasteiger partial charge in [-0.3, -0.25) is 4.90 Å². The van der Waals surface area contributed by atoms with Crippen molar-refractivity contribution in [3.63, 3.8) is 0 Å². The van der Waals surface area contributed by atoms with E-state index in [9.17, 15) is 4.39 Å². The Bertz CT molecular complexity index is 560. The number of halogens is 1. The summed E-state index contributed by atoms with van der Waals surface area (Å²) in [6.45, 7) is 2.63. The van der Waals surface area contributed by atoms with Crippen LogP contribution in [0.4, 0.5) is 4.39 Å². The number of likely N-dealkylation sites (tertiary alicyclic amines) is 1. The highest BCUT2D eigenvalue weighted by Crippen LogP contribution is 2.19. The van der Waals surface area contributed by atoms with Gasteiger partial charge < -0.3 is 4.74 Å². The summed E-state index contributed by atoms with van der Waals surface area (Å²) in [5, 5.41) is 0. The molecular weight excluding hydrogens is 277 g/mol. The molecule has 2 aromatic rings. The molecule has 0 aromatic heterocycles. The van der Waals surface area contributed by atoms with Gasteiger partial charge in [0, 0.05) is 26.1 Å². The van der Waals surface area contributed by atoms with Crippen molar-refractivity contribution < 1.29 is 9.13 Å². The lowest BCUT2D eigenvalue weighted by Gasteiger charge is -2.34. The average Bonchev–Trinajstić information content (AvgIpc) is 2.54. The predicted octanol–water partition coefficient (Wildman–Crippen LogP) is 3.82. The Morgan fingerprint density at radius 3 is 2.23 bits per heavy atom. The second kappa shape index (κ2) is 7.52. The van der Waals surface area contributed by atoms with Crippen LogP contribution in [0.5, 0.6) is 0 Å². The monoisotopic (exact) mass is 299 g/mol. The van der Waals surface area contributed by atoms with Crippen molar-refractivity contribution in [2.75, 3.05) is 13.1 Å². The summed E-state index contributed by atoms with van der Waals surface area (Å²) < 4.78 is 19.9. The van der Waals surface area contributed by atoms with E-state index in [1.807, 2.05) is 48.5 Å². The van der Waals surface area contributed by atoms with Crippen molar-refractivity contribution in [2.45, 2.75) is 31.8 Å². The SMILES string of the molecule is FC1C[C@@H](OCc2ccccc2)CN(Cc2ccccc2)C1. The Morgan fingerprint density at radius 1 is 0.909 bits per heavy atom. The molecule has 0 saturated carbocycles. The maximum atomic E-state index is 14.0. The molecule has 1 fully saturated rings. The molecule has 0 radical (unpaired) electrons. The summed E-state index contributed by atoms with van der Waals surface area (Å²) in [5.74, 6) is 0. The number of hydrogen-bond donors (Lipinski definition) is 0. The van der Waals surface area contributed by atoms with E-state index in [1.54, 1.807) is 0 Å². The molecule has 1 aliphatic heterocycles. The minimum atomic E-state index is -0.807. The van der Waals surface area contributed by atoms with Crippen molar-refractivity contribution in [2.24, 2.45) is 0 Å². The lowest BCUT2D eigenvalue weighted by atomic mass is 10.1. The quantitative estimate of drug-likeness (QED) is 0.832. The van der Waals surface area contributed by atoms with E-state index in [2.05, 4.69) is 17.0 Å². The summed E-state index contributed by atoms with van der Waals surface area (Å²) in [7, 11) is 0. The fraction of sp³-hybridized carbons (Fsp3) is 0.368. The maximum absolute atomic E-state index is 14.0. The van der Waals surface area contributed by atoms with E-state index < -0.39 is 6.17 Å². The number of hydrogen-bond acceptors (Lipinski definition) is 2. The molecule has 2 atom stereocenters.